The van der Waals surface area contributed by atoms with Crippen molar-refractivity contribution in [2.45, 2.75) is 51.0 Å². The van der Waals surface area contributed by atoms with E-state index in [4.69, 9.17) is 0 Å². The summed E-state index contributed by atoms with van der Waals surface area (Å²) in [5.74, 6) is 2.13. The molecule has 0 bridgehead atoms. The van der Waals surface area contributed by atoms with Crippen molar-refractivity contribution in [3.8, 4) is 0 Å². The second kappa shape index (κ2) is 3.02. The average molecular weight is 167 g/mol. The van der Waals surface area contributed by atoms with Gasteiger partial charge in [0.25, 0.3) is 0 Å². The van der Waals surface area contributed by atoms with E-state index >= 15 is 0 Å². The van der Waals surface area contributed by atoms with Crippen LogP contribution in [0.1, 0.15) is 45.4 Å². The Bertz CT molecular complexity index is 162. The Hall–Kier alpha value is -0.0400. The fourth-order valence-corrected chi connectivity index (χ4v) is 3.30. The number of hydrogen-bond donors (Lipinski definition) is 1. The molecule has 1 nitrogen and oxygen atoms in total. The van der Waals surface area contributed by atoms with Gasteiger partial charge in [0.15, 0.2) is 0 Å². The van der Waals surface area contributed by atoms with Crippen LogP contribution < -0.4 is 5.32 Å². The zero-order chi connectivity index (χ0) is 8.60. The Balaban J connectivity index is 2.04. The van der Waals surface area contributed by atoms with Crippen LogP contribution in [0.4, 0.5) is 0 Å². The third-order valence-corrected chi connectivity index (χ3v) is 4.02. The van der Waals surface area contributed by atoms with E-state index in [-0.39, 0.29) is 0 Å². The molecule has 0 aromatic heterocycles. The summed E-state index contributed by atoms with van der Waals surface area (Å²) in [6.07, 6.45) is 8.65. The molecule has 2 aliphatic rings. The molecule has 3 atom stereocenters. The van der Waals surface area contributed by atoms with Gasteiger partial charge in [-0.25, -0.2) is 0 Å². The fourth-order valence-electron chi connectivity index (χ4n) is 3.30. The lowest BCUT2D eigenvalue weighted by Gasteiger charge is -2.37. The first kappa shape index (κ1) is 8.55. The molecular weight excluding hydrogens is 146 g/mol. The van der Waals surface area contributed by atoms with E-state index in [0.717, 1.165) is 11.8 Å². The lowest BCUT2D eigenvalue weighted by atomic mass is 9.78. The number of hydrogen-bond acceptors (Lipinski definition) is 1. The van der Waals surface area contributed by atoms with E-state index in [1.54, 1.807) is 0 Å². The molecule has 0 aromatic carbocycles. The molecule has 12 heavy (non-hydrogen) atoms. The van der Waals surface area contributed by atoms with Crippen LogP contribution in [-0.4, -0.2) is 12.6 Å². The van der Waals surface area contributed by atoms with Gasteiger partial charge in [-0.1, -0.05) is 26.2 Å². The summed E-state index contributed by atoms with van der Waals surface area (Å²) < 4.78 is 0. The largest absolute Gasteiger partial charge is 0.314 e. The molecule has 3 unspecified atom stereocenters. The van der Waals surface area contributed by atoms with Crippen molar-refractivity contribution in [2.75, 3.05) is 7.05 Å². The van der Waals surface area contributed by atoms with Crippen molar-refractivity contribution in [1.29, 1.82) is 0 Å². The zero-order valence-corrected chi connectivity index (χ0v) is 8.40. The average Bonchev–Trinajstić information content (AvgIpc) is 2.85. The van der Waals surface area contributed by atoms with Gasteiger partial charge < -0.3 is 5.32 Å². The third kappa shape index (κ3) is 1.19. The minimum absolute atomic E-state index is 0.553. The van der Waals surface area contributed by atoms with E-state index in [0.29, 0.717) is 5.54 Å². The summed E-state index contributed by atoms with van der Waals surface area (Å²) in [6.45, 7) is 2.31. The van der Waals surface area contributed by atoms with Crippen LogP contribution in [0, 0.1) is 11.8 Å². The quantitative estimate of drug-likeness (QED) is 0.681. The van der Waals surface area contributed by atoms with Crippen LogP contribution in [0.3, 0.4) is 0 Å². The third-order valence-electron chi connectivity index (χ3n) is 4.02. The van der Waals surface area contributed by atoms with Crippen LogP contribution in [-0.2, 0) is 0 Å². The first-order chi connectivity index (χ1) is 5.82. The van der Waals surface area contributed by atoms with E-state index in [2.05, 4.69) is 19.3 Å². The van der Waals surface area contributed by atoms with Crippen LogP contribution in [0.5, 0.6) is 0 Å². The van der Waals surface area contributed by atoms with E-state index < -0.39 is 0 Å². The lowest BCUT2D eigenvalue weighted by Crippen LogP contribution is -2.47. The first-order valence-electron chi connectivity index (χ1n) is 5.51. The highest BCUT2D eigenvalue weighted by molar-refractivity contribution is 5.08. The lowest BCUT2D eigenvalue weighted by molar-refractivity contribution is 0.208. The van der Waals surface area contributed by atoms with E-state index in [1.807, 2.05) is 0 Å². The standard InChI is InChI=1S/C11H21N/c1-3-6-11(12-2)7-4-5-9-8-10(9)11/h9-10,12H,3-8H2,1-2H3. The summed E-state index contributed by atoms with van der Waals surface area (Å²) in [4.78, 5) is 0. The van der Waals surface area contributed by atoms with Gasteiger partial charge in [0.05, 0.1) is 0 Å². The normalized spacial score (nSPS) is 45.5. The number of fused-ring (bicyclic) bond motifs is 1. The summed E-state index contributed by atoms with van der Waals surface area (Å²) in [6, 6.07) is 0. The fraction of sp³-hybridized carbons (Fsp3) is 1.00. The predicted molar refractivity (Wildman–Crippen MR) is 52.1 cm³/mol. The van der Waals surface area contributed by atoms with Crippen molar-refractivity contribution in [3.05, 3.63) is 0 Å². The highest BCUT2D eigenvalue weighted by atomic mass is 15.0. The maximum atomic E-state index is 3.61. The first-order valence-corrected chi connectivity index (χ1v) is 5.51. The molecule has 2 rings (SSSR count). The van der Waals surface area contributed by atoms with Crippen molar-refractivity contribution < 1.29 is 0 Å². The Morgan fingerprint density at radius 2 is 2.33 bits per heavy atom. The summed E-state index contributed by atoms with van der Waals surface area (Å²) >= 11 is 0. The molecule has 70 valence electrons. The molecule has 0 aliphatic heterocycles. The molecule has 0 radical (unpaired) electrons. The molecule has 2 saturated carbocycles. The molecule has 0 saturated heterocycles. The van der Waals surface area contributed by atoms with Crippen molar-refractivity contribution in [1.82, 2.24) is 5.32 Å². The smallest absolute Gasteiger partial charge is 0.0209 e. The van der Waals surface area contributed by atoms with Crippen LogP contribution in [0.2, 0.25) is 0 Å². The minimum Gasteiger partial charge on any atom is -0.314 e. The number of nitrogens with one attached hydrogen (secondary N) is 1. The van der Waals surface area contributed by atoms with Gasteiger partial charge >= 0.3 is 0 Å². The van der Waals surface area contributed by atoms with Gasteiger partial charge in [0.1, 0.15) is 0 Å². The Labute approximate surface area is 75.9 Å². The molecule has 0 aromatic rings. The van der Waals surface area contributed by atoms with Crippen LogP contribution in [0.25, 0.3) is 0 Å². The Kier molecular flexibility index (Phi) is 2.16. The van der Waals surface area contributed by atoms with Gasteiger partial charge in [-0.2, -0.15) is 0 Å². The molecule has 0 spiro atoms. The Morgan fingerprint density at radius 3 is 3.00 bits per heavy atom. The van der Waals surface area contributed by atoms with Crippen LogP contribution >= 0.6 is 0 Å². The van der Waals surface area contributed by atoms with Crippen molar-refractivity contribution in [2.24, 2.45) is 11.8 Å². The second-order valence-electron chi connectivity index (χ2n) is 4.65. The molecule has 0 heterocycles. The molecule has 1 heteroatoms. The number of rotatable bonds is 3. The minimum atomic E-state index is 0.553. The van der Waals surface area contributed by atoms with Gasteiger partial charge in [0, 0.05) is 5.54 Å². The van der Waals surface area contributed by atoms with Crippen molar-refractivity contribution >= 4 is 0 Å². The van der Waals surface area contributed by atoms with E-state index in [9.17, 15) is 0 Å². The van der Waals surface area contributed by atoms with Gasteiger partial charge in [-0.3, -0.25) is 0 Å². The maximum absolute atomic E-state index is 3.61. The van der Waals surface area contributed by atoms with Gasteiger partial charge in [-0.15, -0.1) is 0 Å². The van der Waals surface area contributed by atoms with Crippen molar-refractivity contribution in [3.63, 3.8) is 0 Å². The predicted octanol–water partition coefficient (Wildman–Crippen LogP) is 2.56. The van der Waals surface area contributed by atoms with Gasteiger partial charge in [-0.05, 0) is 38.1 Å². The second-order valence-corrected chi connectivity index (χ2v) is 4.65. The molecule has 0 amide bonds. The molecule has 1 N–H and O–H groups in total. The SMILES string of the molecule is CCCC1(NC)CCCC2CC21. The van der Waals surface area contributed by atoms with Gasteiger partial charge in [0.2, 0.25) is 0 Å². The summed E-state index contributed by atoms with van der Waals surface area (Å²) in [5, 5.41) is 3.61. The summed E-state index contributed by atoms with van der Waals surface area (Å²) in [5.41, 5.74) is 0.553. The molecule has 2 aliphatic carbocycles. The maximum Gasteiger partial charge on any atom is 0.0209 e. The molecular formula is C11H21N. The highest BCUT2D eigenvalue weighted by Gasteiger charge is 2.53. The topological polar surface area (TPSA) is 12.0 Å². The monoisotopic (exact) mass is 167 g/mol. The van der Waals surface area contributed by atoms with E-state index in [1.165, 1.54) is 38.5 Å². The van der Waals surface area contributed by atoms with Crippen LogP contribution in [0.15, 0.2) is 0 Å². The highest BCUT2D eigenvalue weighted by Crippen LogP contribution is 2.56. The summed E-state index contributed by atoms with van der Waals surface area (Å²) in [7, 11) is 2.16. The Morgan fingerprint density at radius 1 is 1.50 bits per heavy atom. The molecule has 2 fully saturated rings. The zero-order valence-electron chi connectivity index (χ0n) is 8.40.